The van der Waals surface area contributed by atoms with Crippen LogP contribution in [0.1, 0.15) is 30.5 Å². The standard InChI is InChI=1S/C25H31N5S/c1-17(2)16-30-12-11-26-15-20-9-6-10-21(13-20)31-29-25-27-22(14-23(30)28-25)24-18(3)7-5-8-19(24)4/h5-10,13-14,17,26H,11-12,15-16H2,1-4H3,(H,27,28,29). The molecule has 1 aliphatic rings. The zero-order valence-corrected chi connectivity index (χ0v) is 19.6. The molecule has 0 saturated heterocycles. The third-order valence-electron chi connectivity index (χ3n) is 5.41. The van der Waals surface area contributed by atoms with Gasteiger partial charge in [-0.15, -0.1) is 0 Å². The van der Waals surface area contributed by atoms with Crippen molar-refractivity contribution in [3.05, 3.63) is 65.2 Å². The molecular formula is C25H31N5S. The zero-order chi connectivity index (χ0) is 21.8. The van der Waals surface area contributed by atoms with Crippen LogP contribution in [0, 0.1) is 19.8 Å². The Morgan fingerprint density at radius 3 is 2.58 bits per heavy atom. The molecule has 0 atom stereocenters. The Balaban J connectivity index is 1.79. The SMILES string of the molecule is Cc1cccc(C)c1-c1cc2nc(n1)NSc1cccc(c1)CNCCN2CC(C)C. The highest BCUT2D eigenvalue weighted by molar-refractivity contribution is 8.00. The molecule has 6 heteroatoms. The van der Waals surface area contributed by atoms with Gasteiger partial charge in [0.2, 0.25) is 5.95 Å². The summed E-state index contributed by atoms with van der Waals surface area (Å²) in [7, 11) is 0. The lowest BCUT2D eigenvalue weighted by atomic mass is 10.00. The van der Waals surface area contributed by atoms with Gasteiger partial charge in [0.05, 0.1) is 5.69 Å². The van der Waals surface area contributed by atoms with E-state index in [0.29, 0.717) is 11.9 Å². The molecule has 2 N–H and O–H groups in total. The van der Waals surface area contributed by atoms with Crippen LogP contribution in [0.15, 0.2) is 53.4 Å². The molecule has 2 aromatic carbocycles. The van der Waals surface area contributed by atoms with Gasteiger partial charge in [-0.1, -0.05) is 44.2 Å². The quantitative estimate of drug-likeness (QED) is 0.536. The van der Waals surface area contributed by atoms with Crippen molar-refractivity contribution in [2.75, 3.05) is 29.3 Å². The van der Waals surface area contributed by atoms with Crippen LogP contribution in [0.2, 0.25) is 0 Å². The summed E-state index contributed by atoms with van der Waals surface area (Å²) < 4.78 is 3.40. The van der Waals surface area contributed by atoms with E-state index in [2.05, 4.69) is 91.2 Å². The molecule has 1 aliphatic heterocycles. The minimum atomic E-state index is 0.537. The molecule has 4 rings (SSSR count). The van der Waals surface area contributed by atoms with E-state index < -0.39 is 0 Å². The predicted molar refractivity (Wildman–Crippen MR) is 132 cm³/mol. The first-order valence-corrected chi connectivity index (χ1v) is 11.7. The lowest BCUT2D eigenvalue weighted by molar-refractivity contribution is 0.583. The summed E-state index contributed by atoms with van der Waals surface area (Å²) in [5, 5.41) is 3.59. The van der Waals surface area contributed by atoms with Crippen LogP contribution in [0.4, 0.5) is 11.8 Å². The fourth-order valence-electron chi connectivity index (χ4n) is 4.00. The van der Waals surface area contributed by atoms with Gasteiger partial charge in [-0.05, 0) is 60.5 Å². The van der Waals surface area contributed by atoms with Gasteiger partial charge in [0.15, 0.2) is 0 Å². The Kier molecular flexibility index (Phi) is 6.78. The summed E-state index contributed by atoms with van der Waals surface area (Å²) in [6.07, 6.45) is 0. The van der Waals surface area contributed by atoms with E-state index in [9.17, 15) is 0 Å². The topological polar surface area (TPSA) is 53.1 Å². The third-order valence-corrected chi connectivity index (χ3v) is 6.18. The van der Waals surface area contributed by atoms with Crippen molar-refractivity contribution < 1.29 is 0 Å². The number of anilines is 2. The Bertz CT molecular complexity index is 1030. The van der Waals surface area contributed by atoms with Crippen LogP contribution in [0.3, 0.4) is 0 Å². The number of nitrogens with one attached hydrogen (secondary N) is 2. The van der Waals surface area contributed by atoms with Crippen molar-refractivity contribution in [3.8, 4) is 11.3 Å². The molecule has 4 bridgehead atoms. The fourth-order valence-corrected chi connectivity index (χ4v) is 4.66. The van der Waals surface area contributed by atoms with E-state index in [1.54, 1.807) is 11.9 Å². The summed E-state index contributed by atoms with van der Waals surface area (Å²) in [6.45, 7) is 12.4. The molecule has 3 aromatic rings. The summed E-state index contributed by atoms with van der Waals surface area (Å²) in [6, 6.07) is 17.1. The average Bonchev–Trinajstić information content (AvgIpc) is 2.74. The van der Waals surface area contributed by atoms with Crippen LogP contribution in [-0.4, -0.2) is 29.6 Å². The highest BCUT2D eigenvalue weighted by atomic mass is 32.2. The second-order valence-electron chi connectivity index (χ2n) is 8.57. The molecule has 0 unspecified atom stereocenters. The smallest absolute Gasteiger partial charge is 0.235 e. The number of nitrogens with zero attached hydrogens (tertiary/aromatic N) is 3. The maximum atomic E-state index is 4.91. The van der Waals surface area contributed by atoms with E-state index >= 15 is 0 Å². The van der Waals surface area contributed by atoms with E-state index in [0.717, 1.165) is 42.6 Å². The van der Waals surface area contributed by atoms with E-state index in [-0.39, 0.29) is 0 Å². The number of aryl methyl sites for hydroxylation is 2. The Morgan fingerprint density at radius 1 is 1.03 bits per heavy atom. The molecule has 5 nitrogen and oxygen atoms in total. The lowest BCUT2D eigenvalue weighted by Crippen LogP contribution is -2.35. The first-order valence-electron chi connectivity index (χ1n) is 10.9. The molecule has 162 valence electrons. The highest BCUT2D eigenvalue weighted by Gasteiger charge is 2.17. The van der Waals surface area contributed by atoms with E-state index in [1.807, 2.05) is 0 Å². The normalized spacial score (nSPS) is 14.4. The molecule has 0 amide bonds. The van der Waals surface area contributed by atoms with E-state index in [1.165, 1.54) is 22.3 Å². The van der Waals surface area contributed by atoms with Crippen molar-refractivity contribution >= 4 is 23.7 Å². The Hall–Kier alpha value is -2.57. The molecule has 0 fully saturated rings. The van der Waals surface area contributed by atoms with Gasteiger partial charge in [-0.25, -0.2) is 4.98 Å². The predicted octanol–water partition coefficient (Wildman–Crippen LogP) is 5.45. The zero-order valence-electron chi connectivity index (χ0n) is 18.8. The average molecular weight is 434 g/mol. The van der Waals surface area contributed by atoms with Gasteiger partial charge < -0.3 is 10.2 Å². The molecular weight excluding hydrogens is 402 g/mol. The van der Waals surface area contributed by atoms with Crippen LogP contribution >= 0.6 is 11.9 Å². The lowest BCUT2D eigenvalue weighted by Gasteiger charge is -2.27. The summed E-state index contributed by atoms with van der Waals surface area (Å²) in [4.78, 5) is 13.4. The minimum Gasteiger partial charge on any atom is -0.355 e. The third kappa shape index (κ3) is 5.38. The summed E-state index contributed by atoms with van der Waals surface area (Å²) in [5.74, 6) is 2.15. The number of benzene rings is 2. The van der Waals surface area contributed by atoms with E-state index in [4.69, 9.17) is 9.97 Å². The van der Waals surface area contributed by atoms with Crippen LogP contribution < -0.4 is 14.9 Å². The van der Waals surface area contributed by atoms with Crippen molar-refractivity contribution in [1.82, 2.24) is 15.3 Å². The van der Waals surface area contributed by atoms with Crippen molar-refractivity contribution in [1.29, 1.82) is 0 Å². The molecule has 0 aliphatic carbocycles. The van der Waals surface area contributed by atoms with Gasteiger partial charge in [-0.3, -0.25) is 4.72 Å². The summed E-state index contributed by atoms with van der Waals surface area (Å²) in [5.41, 5.74) is 5.89. The van der Waals surface area contributed by atoms with Gasteiger partial charge in [0.1, 0.15) is 5.82 Å². The molecule has 1 aromatic heterocycles. The number of fused-ring (bicyclic) bond motifs is 4. The van der Waals surface area contributed by atoms with Gasteiger partial charge in [0.25, 0.3) is 0 Å². The number of rotatable bonds is 3. The van der Waals surface area contributed by atoms with Crippen molar-refractivity contribution in [2.45, 2.75) is 39.1 Å². The first kappa shape index (κ1) is 21.7. The number of aromatic nitrogens is 2. The van der Waals surface area contributed by atoms with Gasteiger partial charge >= 0.3 is 0 Å². The monoisotopic (exact) mass is 433 g/mol. The Morgan fingerprint density at radius 2 is 1.81 bits per heavy atom. The first-order chi connectivity index (χ1) is 15.0. The van der Waals surface area contributed by atoms with Gasteiger partial charge in [0, 0.05) is 42.7 Å². The maximum absolute atomic E-state index is 4.91. The van der Waals surface area contributed by atoms with Crippen molar-refractivity contribution in [2.24, 2.45) is 5.92 Å². The molecule has 0 spiro atoms. The maximum Gasteiger partial charge on any atom is 0.235 e. The molecule has 0 radical (unpaired) electrons. The largest absolute Gasteiger partial charge is 0.355 e. The molecule has 31 heavy (non-hydrogen) atoms. The van der Waals surface area contributed by atoms with Crippen LogP contribution in [-0.2, 0) is 6.54 Å². The van der Waals surface area contributed by atoms with Crippen LogP contribution in [0.25, 0.3) is 11.3 Å². The van der Waals surface area contributed by atoms with Crippen LogP contribution in [0.5, 0.6) is 0 Å². The van der Waals surface area contributed by atoms with Gasteiger partial charge in [-0.2, -0.15) is 4.98 Å². The minimum absolute atomic E-state index is 0.537. The van der Waals surface area contributed by atoms with Crippen molar-refractivity contribution in [3.63, 3.8) is 0 Å². The second-order valence-corrected chi connectivity index (χ2v) is 9.45. The Labute approximate surface area is 189 Å². The molecule has 0 saturated carbocycles. The highest BCUT2D eigenvalue weighted by Crippen LogP contribution is 2.30. The number of hydrogen-bond acceptors (Lipinski definition) is 6. The number of hydrogen-bond donors (Lipinski definition) is 2. The molecule has 2 heterocycles. The fraction of sp³-hybridized carbons (Fsp3) is 0.360. The summed E-state index contributed by atoms with van der Waals surface area (Å²) >= 11 is 1.56. The second kappa shape index (κ2) is 9.71.